The number of esters is 2. The number of hydrogen-bond acceptors (Lipinski definition) is 10. The fraction of sp³-hybridized carbons (Fsp3) is 0.462. The van der Waals surface area contributed by atoms with Gasteiger partial charge in [-0.05, 0) is 85.8 Å². The molecule has 196 valence electrons. The van der Waals surface area contributed by atoms with Crippen molar-refractivity contribution in [2.75, 3.05) is 13.2 Å². The van der Waals surface area contributed by atoms with Crippen LogP contribution in [0.4, 0.5) is 0 Å². The summed E-state index contributed by atoms with van der Waals surface area (Å²) in [7, 11) is 0. The van der Waals surface area contributed by atoms with Gasteiger partial charge in [0.2, 0.25) is 0 Å². The van der Waals surface area contributed by atoms with E-state index in [1.54, 1.807) is 12.1 Å². The molecule has 8 N–H and O–H groups in total. The first-order chi connectivity index (χ1) is 17.1. The third-order valence-electron chi connectivity index (χ3n) is 6.49. The van der Waals surface area contributed by atoms with Crippen molar-refractivity contribution >= 4 is 11.9 Å². The zero-order valence-corrected chi connectivity index (χ0v) is 20.0. The number of carbonyl (C=O) groups is 2. The molecule has 0 heterocycles. The molecule has 2 aromatic rings. The molecule has 0 aliphatic heterocycles. The minimum absolute atomic E-state index is 0.181. The number of rotatable bonds is 10. The van der Waals surface area contributed by atoms with E-state index in [1.165, 1.54) is 24.3 Å². The van der Waals surface area contributed by atoms with Gasteiger partial charge in [0.05, 0.1) is 13.2 Å². The summed E-state index contributed by atoms with van der Waals surface area (Å²) in [6, 6.07) is 6.83. The Hall–Kier alpha value is -3.50. The highest BCUT2D eigenvalue weighted by atomic mass is 16.5. The van der Waals surface area contributed by atoms with Crippen LogP contribution in [0.3, 0.4) is 0 Å². The van der Waals surface area contributed by atoms with Crippen molar-refractivity contribution in [3.05, 3.63) is 47.5 Å². The van der Waals surface area contributed by atoms with Gasteiger partial charge in [0.25, 0.3) is 0 Å². The first-order valence-electron chi connectivity index (χ1n) is 12.0. The van der Waals surface area contributed by atoms with Crippen LogP contribution in [-0.2, 0) is 31.9 Å². The Morgan fingerprint density at radius 3 is 1.39 bits per heavy atom. The van der Waals surface area contributed by atoms with Gasteiger partial charge in [-0.25, -0.2) is 0 Å². The first-order valence-corrected chi connectivity index (χ1v) is 12.0. The van der Waals surface area contributed by atoms with Gasteiger partial charge in [0, 0.05) is 0 Å². The van der Waals surface area contributed by atoms with E-state index in [0.717, 1.165) is 25.7 Å². The number of phenols is 4. The maximum Gasteiger partial charge on any atom is 0.323 e. The molecule has 1 aliphatic rings. The molecular weight excluding hydrogens is 468 g/mol. The average Bonchev–Trinajstić information content (AvgIpc) is 2.86. The van der Waals surface area contributed by atoms with Crippen LogP contribution in [0.1, 0.15) is 36.8 Å². The number of hydrogen-bond donors (Lipinski definition) is 6. The number of ether oxygens (including phenoxy) is 2. The fourth-order valence-corrected chi connectivity index (χ4v) is 4.25. The lowest BCUT2D eigenvalue weighted by molar-refractivity contribution is -0.149. The molecule has 0 saturated heterocycles. The van der Waals surface area contributed by atoms with Crippen LogP contribution < -0.4 is 11.5 Å². The fourth-order valence-electron chi connectivity index (χ4n) is 4.25. The van der Waals surface area contributed by atoms with Gasteiger partial charge in [-0.15, -0.1) is 0 Å². The van der Waals surface area contributed by atoms with Crippen LogP contribution in [-0.4, -0.2) is 57.7 Å². The largest absolute Gasteiger partial charge is 0.504 e. The van der Waals surface area contributed by atoms with E-state index >= 15 is 0 Å². The van der Waals surface area contributed by atoms with Crippen LogP contribution in [0, 0.1) is 11.8 Å². The molecule has 1 saturated carbocycles. The highest BCUT2D eigenvalue weighted by Crippen LogP contribution is 2.30. The summed E-state index contributed by atoms with van der Waals surface area (Å²) >= 11 is 0. The molecule has 10 heteroatoms. The predicted octanol–water partition coefficient (Wildman–Crippen LogP) is 1.84. The summed E-state index contributed by atoms with van der Waals surface area (Å²) < 4.78 is 10.8. The second kappa shape index (κ2) is 12.5. The Morgan fingerprint density at radius 1 is 0.694 bits per heavy atom. The SMILES string of the molecule is NC(Cc1ccc(O)c(O)c1)C(=O)OCC1CCC(COC(=O)[C@@H](N)Cc2ccc(O)c(O)c2)CC1. The van der Waals surface area contributed by atoms with Crippen molar-refractivity contribution in [3.8, 4) is 23.0 Å². The Balaban J connectivity index is 1.33. The third kappa shape index (κ3) is 7.76. The van der Waals surface area contributed by atoms with Gasteiger partial charge in [-0.1, -0.05) is 12.1 Å². The highest BCUT2D eigenvalue weighted by Gasteiger charge is 2.26. The van der Waals surface area contributed by atoms with Gasteiger partial charge in [-0.2, -0.15) is 0 Å². The lowest BCUT2D eigenvalue weighted by Crippen LogP contribution is -2.36. The van der Waals surface area contributed by atoms with Crippen molar-refractivity contribution in [3.63, 3.8) is 0 Å². The molecular formula is C26H34N2O8. The Morgan fingerprint density at radius 2 is 1.06 bits per heavy atom. The van der Waals surface area contributed by atoms with Crippen molar-refractivity contribution in [1.29, 1.82) is 0 Å². The molecule has 0 radical (unpaired) electrons. The summed E-state index contributed by atoms with van der Waals surface area (Å²) in [5, 5.41) is 37.9. The molecule has 3 rings (SSSR count). The van der Waals surface area contributed by atoms with Gasteiger partial charge in [0.1, 0.15) is 12.1 Å². The van der Waals surface area contributed by atoms with E-state index in [-0.39, 0.29) is 60.9 Å². The van der Waals surface area contributed by atoms with Gasteiger partial charge < -0.3 is 41.4 Å². The van der Waals surface area contributed by atoms with Crippen molar-refractivity contribution < 1.29 is 39.5 Å². The van der Waals surface area contributed by atoms with Gasteiger partial charge >= 0.3 is 11.9 Å². The van der Waals surface area contributed by atoms with E-state index in [9.17, 15) is 30.0 Å². The summed E-state index contributed by atoms with van der Waals surface area (Å²) in [4.78, 5) is 24.5. The third-order valence-corrected chi connectivity index (χ3v) is 6.49. The summed E-state index contributed by atoms with van der Waals surface area (Å²) in [6.07, 6.45) is 3.68. The van der Waals surface area contributed by atoms with Crippen LogP contribution in [0.15, 0.2) is 36.4 Å². The number of nitrogens with two attached hydrogens (primary N) is 2. The van der Waals surface area contributed by atoms with Crippen LogP contribution in [0.25, 0.3) is 0 Å². The minimum Gasteiger partial charge on any atom is -0.504 e. The van der Waals surface area contributed by atoms with Crippen molar-refractivity contribution in [1.82, 2.24) is 0 Å². The molecule has 0 bridgehead atoms. The Bertz CT molecular complexity index is 969. The lowest BCUT2D eigenvalue weighted by Gasteiger charge is -2.28. The Kier molecular flexibility index (Phi) is 9.38. The van der Waals surface area contributed by atoms with E-state index in [4.69, 9.17) is 20.9 Å². The monoisotopic (exact) mass is 502 g/mol. The summed E-state index contributed by atoms with van der Waals surface area (Å²) in [5.74, 6) is -1.64. The average molecular weight is 503 g/mol. The molecule has 1 aliphatic carbocycles. The maximum absolute atomic E-state index is 12.3. The minimum atomic E-state index is -0.876. The maximum atomic E-state index is 12.3. The molecule has 36 heavy (non-hydrogen) atoms. The second-order valence-electron chi connectivity index (χ2n) is 9.41. The molecule has 0 spiro atoms. The van der Waals surface area contributed by atoms with Gasteiger partial charge in [0.15, 0.2) is 23.0 Å². The first kappa shape index (κ1) is 27.1. The lowest BCUT2D eigenvalue weighted by atomic mass is 9.83. The van der Waals surface area contributed by atoms with E-state index < -0.39 is 24.0 Å². The standard InChI is InChI=1S/C26H34N2O8/c27-19(9-17-5-7-21(29)23(31)11-17)25(33)35-13-15-1-2-16(4-3-15)14-36-26(34)20(28)10-18-6-8-22(30)24(32)12-18/h5-8,11-12,15-16,19-20,29-32H,1-4,9-10,13-14,27-28H2/t15?,16?,19-,20?/m0/s1. The van der Waals surface area contributed by atoms with E-state index in [1.807, 2.05) is 0 Å². The number of carbonyl (C=O) groups excluding carboxylic acids is 2. The van der Waals surface area contributed by atoms with Crippen LogP contribution in [0.2, 0.25) is 0 Å². The topological polar surface area (TPSA) is 186 Å². The quantitative estimate of drug-likeness (QED) is 0.207. The molecule has 2 atom stereocenters. The molecule has 0 aromatic heterocycles. The number of phenolic OH excluding ortho intramolecular Hbond substituents is 4. The molecule has 1 unspecified atom stereocenters. The van der Waals surface area contributed by atoms with Crippen LogP contribution in [0.5, 0.6) is 23.0 Å². The molecule has 1 fully saturated rings. The number of benzene rings is 2. The highest BCUT2D eigenvalue weighted by molar-refractivity contribution is 5.76. The van der Waals surface area contributed by atoms with Crippen molar-refractivity contribution in [2.24, 2.45) is 23.3 Å². The smallest absolute Gasteiger partial charge is 0.323 e. The zero-order valence-electron chi connectivity index (χ0n) is 20.0. The predicted molar refractivity (Wildman–Crippen MR) is 130 cm³/mol. The molecule has 10 nitrogen and oxygen atoms in total. The number of aromatic hydroxyl groups is 4. The van der Waals surface area contributed by atoms with Gasteiger partial charge in [-0.3, -0.25) is 9.59 Å². The zero-order chi connectivity index (χ0) is 26.2. The molecule has 0 amide bonds. The van der Waals surface area contributed by atoms with Crippen LogP contribution >= 0.6 is 0 Å². The summed E-state index contributed by atoms with van der Waals surface area (Å²) in [6.45, 7) is 0.536. The molecule has 2 aromatic carbocycles. The van der Waals surface area contributed by atoms with E-state index in [0.29, 0.717) is 11.1 Å². The second-order valence-corrected chi connectivity index (χ2v) is 9.41. The van der Waals surface area contributed by atoms with Crippen molar-refractivity contribution in [2.45, 2.75) is 50.6 Å². The Labute approximate surface area is 209 Å². The van der Waals surface area contributed by atoms with E-state index in [2.05, 4.69) is 0 Å². The normalized spacial score (nSPS) is 19.3. The summed E-state index contributed by atoms with van der Waals surface area (Å²) in [5.41, 5.74) is 13.1.